The Morgan fingerprint density at radius 2 is 1.94 bits per heavy atom. The molecule has 102 valence electrons. The van der Waals surface area contributed by atoms with Crippen molar-refractivity contribution in [3.8, 4) is 0 Å². The van der Waals surface area contributed by atoms with Gasteiger partial charge < -0.3 is 5.32 Å². The maximum Gasteiger partial charge on any atom is 0.124 e. The third kappa shape index (κ3) is 5.72. The van der Waals surface area contributed by atoms with Crippen molar-refractivity contribution in [3.63, 3.8) is 0 Å². The highest BCUT2D eigenvalue weighted by Gasteiger charge is 2.06. The minimum atomic E-state index is -0.294. The van der Waals surface area contributed by atoms with E-state index in [1.54, 1.807) is 6.07 Å². The number of anilines is 1. The van der Waals surface area contributed by atoms with Gasteiger partial charge in [0.2, 0.25) is 0 Å². The molecular weight excluding hydrogens is 249 g/mol. The highest BCUT2D eigenvalue weighted by molar-refractivity contribution is 6.33. The number of hydrogen-bond acceptors (Lipinski definition) is 1. The molecule has 1 aromatic rings. The van der Waals surface area contributed by atoms with E-state index in [0.717, 1.165) is 12.1 Å². The number of benzene rings is 1. The molecule has 0 fully saturated rings. The number of halogens is 2. The van der Waals surface area contributed by atoms with Crippen LogP contribution in [0.15, 0.2) is 18.2 Å². The van der Waals surface area contributed by atoms with Gasteiger partial charge in [0.1, 0.15) is 5.82 Å². The average molecular weight is 272 g/mol. The lowest BCUT2D eigenvalue weighted by Gasteiger charge is -2.16. The van der Waals surface area contributed by atoms with E-state index in [4.69, 9.17) is 11.6 Å². The minimum absolute atomic E-state index is 0.294. The van der Waals surface area contributed by atoms with Crippen LogP contribution in [0.1, 0.15) is 52.4 Å². The first-order chi connectivity index (χ1) is 8.63. The van der Waals surface area contributed by atoms with E-state index in [1.165, 1.54) is 44.2 Å². The van der Waals surface area contributed by atoms with Crippen LogP contribution in [-0.2, 0) is 0 Å². The van der Waals surface area contributed by atoms with Gasteiger partial charge in [-0.1, -0.05) is 50.6 Å². The zero-order chi connectivity index (χ0) is 13.4. The summed E-state index contributed by atoms with van der Waals surface area (Å²) in [6.45, 7) is 4.36. The van der Waals surface area contributed by atoms with Crippen molar-refractivity contribution in [2.45, 2.75) is 58.4 Å². The third-order valence-corrected chi connectivity index (χ3v) is 3.39. The first-order valence-electron chi connectivity index (χ1n) is 6.85. The Balaban J connectivity index is 2.28. The molecule has 0 radical (unpaired) electrons. The fourth-order valence-corrected chi connectivity index (χ4v) is 2.22. The van der Waals surface area contributed by atoms with Gasteiger partial charge in [0, 0.05) is 6.04 Å². The molecule has 0 bridgehead atoms. The quantitative estimate of drug-likeness (QED) is 0.603. The molecule has 0 spiro atoms. The van der Waals surface area contributed by atoms with Gasteiger partial charge in [-0.05, 0) is 31.5 Å². The summed E-state index contributed by atoms with van der Waals surface area (Å²) in [4.78, 5) is 0. The van der Waals surface area contributed by atoms with E-state index in [0.29, 0.717) is 11.1 Å². The van der Waals surface area contributed by atoms with Crippen LogP contribution in [0.2, 0.25) is 5.02 Å². The van der Waals surface area contributed by atoms with Gasteiger partial charge in [-0.25, -0.2) is 4.39 Å². The van der Waals surface area contributed by atoms with Crippen LogP contribution in [0.25, 0.3) is 0 Å². The molecule has 0 aliphatic carbocycles. The average Bonchev–Trinajstić information content (AvgIpc) is 2.32. The zero-order valence-corrected chi connectivity index (χ0v) is 12.1. The molecular formula is C15H23ClFN. The van der Waals surface area contributed by atoms with Crippen molar-refractivity contribution in [2.75, 3.05) is 5.32 Å². The predicted molar refractivity (Wildman–Crippen MR) is 77.9 cm³/mol. The molecule has 1 atom stereocenters. The van der Waals surface area contributed by atoms with Gasteiger partial charge in [-0.3, -0.25) is 0 Å². The molecule has 1 aromatic carbocycles. The van der Waals surface area contributed by atoms with Crippen molar-refractivity contribution in [1.82, 2.24) is 0 Å². The van der Waals surface area contributed by atoms with Crippen molar-refractivity contribution in [2.24, 2.45) is 0 Å². The van der Waals surface area contributed by atoms with Crippen molar-refractivity contribution < 1.29 is 4.39 Å². The molecule has 1 rings (SSSR count). The Hall–Kier alpha value is -0.760. The summed E-state index contributed by atoms with van der Waals surface area (Å²) in [6.07, 6.45) is 7.56. The van der Waals surface area contributed by atoms with Crippen LogP contribution in [0.4, 0.5) is 10.1 Å². The Morgan fingerprint density at radius 3 is 2.61 bits per heavy atom. The molecule has 0 aromatic heterocycles. The predicted octanol–water partition coefficient (Wildman–Crippen LogP) is 5.64. The Bertz CT molecular complexity index is 354. The molecule has 1 unspecified atom stereocenters. The summed E-state index contributed by atoms with van der Waals surface area (Å²) < 4.78 is 12.9. The Labute approximate surface area is 115 Å². The highest BCUT2D eigenvalue weighted by atomic mass is 35.5. The minimum Gasteiger partial charge on any atom is -0.381 e. The van der Waals surface area contributed by atoms with Crippen molar-refractivity contribution in [3.05, 3.63) is 29.0 Å². The summed E-state index contributed by atoms with van der Waals surface area (Å²) in [7, 11) is 0. The maximum absolute atomic E-state index is 12.9. The summed E-state index contributed by atoms with van der Waals surface area (Å²) in [5.41, 5.74) is 0.819. The van der Waals surface area contributed by atoms with Crippen LogP contribution >= 0.6 is 11.6 Å². The fourth-order valence-electron chi connectivity index (χ4n) is 2.00. The van der Waals surface area contributed by atoms with Crippen LogP contribution in [0.5, 0.6) is 0 Å². The van der Waals surface area contributed by atoms with Gasteiger partial charge in [0.05, 0.1) is 10.7 Å². The van der Waals surface area contributed by atoms with E-state index < -0.39 is 0 Å². The van der Waals surface area contributed by atoms with Crippen LogP contribution < -0.4 is 5.32 Å². The monoisotopic (exact) mass is 271 g/mol. The van der Waals surface area contributed by atoms with Gasteiger partial charge in [-0.15, -0.1) is 0 Å². The first-order valence-corrected chi connectivity index (χ1v) is 7.23. The molecule has 0 amide bonds. The van der Waals surface area contributed by atoms with Gasteiger partial charge in [0.25, 0.3) is 0 Å². The summed E-state index contributed by atoms with van der Waals surface area (Å²) in [5, 5.41) is 3.78. The molecule has 0 saturated carbocycles. The molecule has 0 aliphatic rings. The molecule has 0 aliphatic heterocycles. The van der Waals surface area contributed by atoms with Gasteiger partial charge in [0.15, 0.2) is 0 Å². The second-order valence-electron chi connectivity index (χ2n) is 4.87. The smallest absolute Gasteiger partial charge is 0.124 e. The van der Waals surface area contributed by atoms with E-state index in [2.05, 4.69) is 19.2 Å². The van der Waals surface area contributed by atoms with Gasteiger partial charge in [-0.2, -0.15) is 0 Å². The van der Waals surface area contributed by atoms with Crippen molar-refractivity contribution >= 4 is 17.3 Å². The SMILES string of the molecule is CCCCCCCC(C)Nc1ccc(F)cc1Cl. The first kappa shape index (κ1) is 15.3. The Morgan fingerprint density at radius 1 is 1.22 bits per heavy atom. The number of unbranched alkanes of at least 4 members (excludes halogenated alkanes) is 4. The lowest BCUT2D eigenvalue weighted by molar-refractivity contribution is 0.578. The molecule has 0 heterocycles. The maximum atomic E-state index is 12.9. The van der Waals surface area contributed by atoms with Gasteiger partial charge >= 0.3 is 0 Å². The lowest BCUT2D eigenvalue weighted by Crippen LogP contribution is -2.15. The topological polar surface area (TPSA) is 12.0 Å². The zero-order valence-electron chi connectivity index (χ0n) is 11.3. The third-order valence-electron chi connectivity index (χ3n) is 3.07. The molecule has 1 N–H and O–H groups in total. The molecule has 3 heteroatoms. The van der Waals surface area contributed by atoms with E-state index in [1.807, 2.05) is 0 Å². The van der Waals surface area contributed by atoms with E-state index in [9.17, 15) is 4.39 Å². The van der Waals surface area contributed by atoms with E-state index in [-0.39, 0.29) is 5.82 Å². The fraction of sp³-hybridized carbons (Fsp3) is 0.600. The van der Waals surface area contributed by atoms with E-state index >= 15 is 0 Å². The molecule has 1 nitrogen and oxygen atoms in total. The normalized spacial score (nSPS) is 12.4. The summed E-state index contributed by atoms with van der Waals surface area (Å²) in [6, 6.07) is 4.85. The summed E-state index contributed by atoms with van der Waals surface area (Å²) in [5.74, 6) is -0.294. The summed E-state index contributed by atoms with van der Waals surface area (Å²) >= 11 is 5.97. The van der Waals surface area contributed by atoms with Crippen LogP contribution in [-0.4, -0.2) is 6.04 Å². The van der Waals surface area contributed by atoms with Crippen molar-refractivity contribution in [1.29, 1.82) is 0 Å². The number of nitrogens with one attached hydrogen (secondary N) is 1. The second-order valence-corrected chi connectivity index (χ2v) is 5.28. The molecule has 18 heavy (non-hydrogen) atoms. The highest BCUT2D eigenvalue weighted by Crippen LogP contribution is 2.23. The number of rotatable bonds is 8. The van der Waals surface area contributed by atoms with Crippen LogP contribution in [0, 0.1) is 5.82 Å². The standard InChI is InChI=1S/C15H23ClFN/c1-3-4-5-6-7-8-12(2)18-15-10-9-13(17)11-14(15)16/h9-12,18H,3-8H2,1-2H3. The second kappa shape index (κ2) is 8.36. The largest absolute Gasteiger partial charge is 0.381 e. The molecule has 0 saturated heterocycles. The lowest BCUT2D eigenvalue weighted by atomic mass is 10.1. The number of hydrogen-bond donors (Lipinski definition) is 1. The van der Waals surface area contributed by atoms with Crippen LogP contribution in [0.3, 0.4) is 0 Å². The Kier molecular flexibility index (Phi) is 7.11.